The van der Waals surface area contributed by atoms with E-state index in [1.807, 2.05) is 0 Å². The number of allylic oxidation sites excluding steroid dienone is 3. The molecule has 0 radical (unpaired) electrons. The molecule has 0 amide bonds. The van der Waals surface area contributed by atoms with Crippen LogP contribution in [-0.2, 0) is 0 Å². The molecule has 0 saturated heterocycles. The lowest BCUT2D eigenvalue weighted by Gasteiger charge is -2.21. The van der Waals surface area contributed by atoms with Gasteiger partial charge in [0, 0.05) is 25.4 Å². The Morgan fingerprint density at radius 3 is 3.25 bits per heavy atom. The lowest BCUT2D eigenvalue weighted by Crippen LogP contribution is -2.32. The van der Waals surface area contributed by atoms with E-state index in [0.717, 1.165) is 19.4 Å². The minimum atomic E-state index is 0.620. The average Bonchev–Trinajstić information content (AvgIpc) is 2.55. The topological polar surface area (TPSA) is 12.0 Å². The fraction of sp³-hybridized carbons (Fsp3) is 0.600. The fourth-order valence-electron chi connectivity index (χ4n) is 2.38. The van der Waals surface area contributed by atoms with Gasteiger partial charge in [0.2, 0.25) is 0 Å². The summed E-state index contributed by atoms with van der Waals surface area (Å²) in [6, 6.07) is 0.620. The van der Waals surface area contributed by atoms with E-state index in [4.69, 9.17) is 0 Å². The normalized spacial score (nSPS) is 28.9. The predicted octanol–water partition coefficient (Wildman–Crippen LogP) is 3.04. The van der Waals surface area contributed by atoms with Gasteiger partial charge in [-0.2, -0.15) is 0 Å². The van der Waals surface area contributed by atoms with Crippen molar-refractivity contribution in [2.24, 2.45) is 5.92 Å². The van der Waals surface area contributed by atoms with E-state index in [1.54, 1.807) is 0 Å². The maximum atomic E-state index is 3.67. The summed E-state index contributed by atoms with van der Waals surface area (Å²) >= 11 is 0. The average molecular weight is 215 g/mol. The van der Waals surface area contributed by atoms with E-state index in [1.165, 1.54) is 24.8 Å². The molecular formula is C15H21N. The largest absolute Gasteiger partial charge is 0.312 e. The van der Waals surface area contributed by atoms with E-state index in [9.17, 15) is 0 Å². The molecule has 0 aromatic rings. The molecular weight excluding hydrogens is 194 g/mol. The van der Waals surface area contributed by atoms with Gasteiger partial charge in [-0.15, -0.1) is 11.8 Å². The van der Waals surface area contributed by atoms with Crippen LogP contribution in [0.5, 0.6) is 0 Å². The molecule has 2 aliphatic carbocycles. The molecule has 0 aliphatic heterocycles. The Kier molecular flexibility index (Phi) is 4.25. The smallest absolute Gasteiger partial charge is 0.0243 e. The van der Waals surface area contributed by atoms with Gasteiger partial charge < -0.3 is 5.32 Å². The zero-order valence-electron chi connectivity index (χ0n) is 10.1. The van der Waals surface area contributed by atoms with Gasteiger partial charge in [-0.3, -0.25) is 0 Å². The van der Waals surface area contributed by atoms with Crippen LogP contribution in [0.15, 0.2) is 23.8 Å². The Morgan fingerprint density at radius 1 is 1.44 bits per heavy atom. The van der Waals surface area contributed by atoms with Gasteiger partial charge in [0.05, 0.1) is 0 Å². The van der Waals surface area contributed by atoms with Crippen molar-refractivity contribution in [3.05, 3.63) is 23.8 Å². The molecule has 16 heavy (non-hydrogen) atoms. The lowest BCUT2D eigenvalue weighted by molar-refractivity contribution is 0.443. The first-order valence-electron chi connectivity index (χ1n) is 6.37. The highest BCUT2D eigenvalue weighted by Gasteiger charge is 2.12. The van der Waals surface area contributed by atoms with Gasteiger partial charge in [0.15, 0.2) is 0 Å². The Labute approximate surface area is 99.0 Å². The number of nitrogens with one attached hydrogen (secondary N) is 1. The van der Waals surface area contributed by atoms with Gasteiger partial charge in [-0.1, -0.05) is 23.8 Å². The fourth-order valence-corrected chi connectivity index (χ4v) is 2.38. The monoisotopic (exact) mass is 215 g/mol. The third-order valence-electron chi connectivity index (χ3n) is 3.34. The van der Waals surface area contributed by atoms with E-state index in [0.29, 0.717) is 12.0 Å². The molecule has 2 unspecified atom stereocenters. The first-order chi connectivity index (χ1) is 7.84. The summed E-state index contributed by atoms with van der Waals surface area (Å²) in [6.07, 6.45) is 12.6. The van der Waals surface area contributed by atoms with Crippen molar-refractivity contribution in [3.8, 4) is 11.8 Å². The van der Waals surface area contributed by atoms with Gasteiger partial charge in [-0.05, 0) is 32.1 Å². The summed E-state index contributed by atoms with van der Waals surface area (Å²) in [6.45, 7) is 3.32. The van der Waals surface area contributed by atoms with Crippen molar-refractivity contribution in [3.63, 3.8) is 0 Å². The second-order valence-corrected chi connectivity index (χ2v) is 4.92. The van der Waals surface area contributed by atoms with Gasteiger partial charge >= 0.3 is 0 Å². The van der Waals surface area contributed by atoms with Crippen LogP contribution in [-0.4, -0.2) is 12.6 Å². The van der Waals surface area contributed by atoms with Gasteiger partial charge in [0.25, 0.3) is 0 Å². The van der Waals surface area contributed by atoms with Crippen LogP contribution >= 0.6 is 0 Å². The second-order valence-electron chi connectivity index (χ2n) is 4.92. The summed E-state index contributed by atoms with van der Waals surface area (Å²) in [4.78, 5) is 0. The minimum Gasteiger partial charge on any atom is -0.312 e. The lowest BCUT2D eigenvalue weighted by atomic mass is 9.95. The Morgan fingerprint density at radius 2 is 2.38 bits per heavy atom. The molecule has 2 aliphatic rings. The standard InChI is InChI=1S/C15H21N/c1-13-7-6-8-14(11-13)12-16-15-9-4-2-3-5-10-15/h6-8,14-16H,2,4,9-12H2,1H3. The van der Waals surface area contributed by atoms with Crippen molar-refractivity contribution < 1.29 is 0 Å². The molecule has 0 heterocycles. The second kappa shape index (κ2) is 5.92. The molecule has 0 aromatic heterocycles. The molecule has 0 saturated carbocycles. The number of hydrogen-bond acceptors (Lipinski definition) is 1. The summed E-state index contributed by atoms with van der Waals surface area (Å²) in [5, 5.41) is 3.67. The highest BCUT2D eigenvalue weighted by Crippen LogP contribution is 2.18. The minimum absolute atomic E-state index is 0.620. The highest BCUT2D eigenvalue weighted by molar-refractivity contribution is 5.18. The zero-order chi connectivity index (χ0) is 11.2. The van der Waals surface area contributed by atoms with Crippen LogP contribution in [0.3, 0.4) is 0 Å². The predicted molar refractivity (Wildman–Crippen MR) is 69.0 cm³/mol. The molecule has 1 nitrogen and oxygen atoms in total. The summed E-state index contributed by atoms with van der Waals surface area (Å²) in [5.74, 6) is 7.14. The molecule has 0 fully saturated rings. The summed E-state index contributed by atoms with van der Waals surface area (Å²) in [7, 11) is 0. The van der Waals surface area contributed by atoms with Crippen LogP contribution in [0.25, 0.3) is 0 Å². The Hall–Kier alpha value is -1.00. The van der Waals surface area contributed by atoms with Gasteiger partial charge in [0.1, 0.15) is 0 Å². The summed E-state index contributed by atoms with van der Waals surface area (Å²) in [5.41, 5.74) is 1.50. The molecule has 0 bridgehead atoms. The van der Waals surface area contributed by atoms with Crippen molar-refractivity contribution in [2.75, 3.05) is 6.54 Å². The number of hydrogen-bond donors (Lipinski definition) is 1. The molecule has 86 valence electrons. The third-order valence-corrected chi connectivity index (χ3v) is 3.34. The maximum Gasteiger partial charge on any atom is 0.0243 e. The SMILES string of the molecule is CC1=CC=CC(CNC2CC#CCCC2)C1. The highest BCUT2D eigenvalue weighted by atomic mass is 14.9. The van der Waals surface area contributed by atoms with Crippen LogP contribution in [0.2, 0.25) is 0 Å². The van der Waals surface area contributed by atoms with Crippen LogP contribution in [0.1, 0.15) is 39.0 Å². The van der Waals surface area contributed by atoms with Crippen LogP contribution < -0.4 is 5.32 Å². The molecule has 0 spiro atoms. The summed E-state index contributed by atoms with van der Waals surface area (Å²) < 4.78 is 0. The van der Waals surface area contributed by atoms with Crippen molar-refractivity contribution in [1.29, 1.82) is 0 Å². The van der Waals surface area contributed by atoms with E-state index in [2.05, 4.69) is 42.3 Å². The zero-order valence-corrected chi connectivity index (χ0v) is 10.1. The Bertz CT molecular complexity index is 340. The Balaban J connectivity index is 1.73. The van der Waals surface area contributed by atoms with E-state index in [-0.39, 0.29) is 0 Å². The quantitative estimate of drug-likeness (QED) is 0.714. The first kappa shape index (κ1) is 11.5. The maximum absolute atomic E-state index is 3.67. The van der Waals surface area contributed by atoms with Crippen LogP contribution in [0, 0.1) is 17.8 Å². The number of rotatable bonds is 3. The molecule has 1 N–H and O–H groups in total. The first-order valence-corrected chi connectivity index (χ1v) is 6.37. The molecule has 0 aromatic carbocycles. The van der Waals surface area contributed by atoms with E-state index >= 15 is 0 Å². The molecule has 2 rings (SSSR count). The van der Waals surface area contributed by atoms with Crippen molar-refractivity contribution in [1.82, 2.24) is 5.32 Å². The van der Waals surface area contributed by atoms with Crippen molar-refractivity contribution in [2.45, 2.75) is 45.1 Å². The van der Waals surface area contributed by atoms with Gasteiger partial charge in [-0.25, -0.2) is 0 Å². The van der Waals surface area contributed by atoms with E-state index < -0.39 is 0 Å². The third kappa shape index (κ3) is 3.54. The molecule has 1 heteroatoms. The van der Waals surface area contributed by atoms with Crippen LogP contribution in [0.4, 0.5) is 0 Å². The van der Waals surface area contributed by atoms with Crippen molar-refractivity contribution >= 4 is 0 Å². The molecule has 2 atom stereocenters.